The predicted molar refractivity (Wildman–Crippen MR) is 66.6 cm³/mol. The van der Waals surface area contributed by atoms with Crippen molar-refractivity contribution in [2.24, 2.45) is 12.8 Å². The summed E-state index contributed by atoms with van der Waals surface area (Å²) in [5.74, 6) is 0.837. The van der Waals surface area contributed by atoms with E-state index in [0.717, 1.165) is 16.9 Å². The van der Waals surface area contributed by atoms with E-state index in [9.17, 15) is 0 Å². The molecule has 4 nitrogen and oxygen atoms in total. The maximum Gasteiger partial charge on any atom is 0.120 e. The van der Waals surface area contributed by atoms with E-state index in [1.54, 1.807) is 10.9 Å². The molecular formula is C13H17N3O. The van der Waals surface area contributed by atoms with Crippen LogP contribution in [0, 0.1) is 0 Å². The van der Waals surface area contributed by atoms with Crippen LogP contribution in [-0.2, 0) is 13.7 Å². The molecule has 2 rings (SSSR count). The smallest absolute Gasteiger partial charge is 0.120 e. The second-order valence-corrected chi connectivity index (χ2v) is 4.17. The van der Waals surface area contributed by atoms with Crippen molar-refractivity contribution in [3.05, 3.63) is 47.8 Å². The average molecular weight is 231 g/mol. The van der Waals surface area contributed by atoms with E-state index in [2.05, 4.69) is 5.10 Å². The van der Waals surface area contributed by atoms with E-state index in [4.69, 9.17) is 10.5 Å². The van der Waals surface area contributed by atoms with E-state index < -0.39 is 0 Å². The first-order valence-corrected chi connectivity index (χ1v) is 5.61. The van der Waals surface area contributed by atoms with Gasteiger partial charge >= 0.3 is 0 Å². The van der Waals surface area contributed by atoms with Crippen molar-refractivity contribution in [1.82, 2.24) is 9.78 Å². The van der Waals surface area contributed by atoms with Gasteiger partial charge in [0.2, 0.25) is 0 Å². The molecule has 1 atom stereocenters. The summed E-state index contributed by atoms with van der Waals surface area (Å²) in [6.07, 6.45) is 3.74. The van der Waals surface area contributed by atoms with Gasteiger partial charge in [-0.05, 0) is 24.6 Å². The van der Waals surface area contributed by atoms with Gasteiger partial charge in [-0.15, -0.1) is 0 Å². The number of hydrogen-bond acceptors (Lipinski definition) is 3. The van der Waals surface area contributed by atoms with Crippen LogP contribution in [0.3, 0.4) is 0 Å². The Hall–Kier alpha value is -1.81. The van der Waals surface area contributed by atoms with Gasteiger partial charge in [0.15, 0.2) is 0 Å². The number of aromatic nitrogens is 2. The summed E-state index contributed by atoms with van der Waals surface area (Å²) in [6, 6.07) is 7.89. The van der Waals surface area contributed by atoms with Gasteiger partial charge in [0.05, 0.1) is 6.20 Å². The van der Waals surface area contributed by atoms with Crippen molar-refractivity contribution in [3.8, 4) is 5.75 Å². The number of aryl methyl sites for hydroxylation is 1. The fraction of sp³-hybridized carbons (Fsp3) is 0.308. The molecule has 0 saturated carbocycles. The quantitative estimate of drug-likeness (QED) is 0.875. The van der Waals surface area contributed by atoms with Crippen molar-refractivity contribution in [2.75, 3.05) is 0 Å². The number of benzene rings is 1. The maximum atomic E-state index is 5.82. The lowest BCUT2D eigenvalue weighted by Gasteiger charge is -2.09. The second kappa shape index (κ2) is 5.01. The number of nitrogens with two attached hydrogens (primary N) is 1. The Bertz CT molecular complexity index is 491. The van der Waals surface area contributed by atoms with Crippen LogP contribution in [0.1, 0.15) is 24.1 Å². The average Bonchev–Trinajstić information content (AvgIpc) is 2.73. The number of hydrogen-bond donors (Lipinski definition) is 1. The third kappa shape index (κ3) is 3.07. The van der Waals surface area contributed by atoms with Gasteiger partial charge in [-0.1, -0.05) is 12.1 Å². The van der Waals surface area contributed by atoms with Gasteiger partial charge in [0.25, 0.3) is 0 Å². The van der Waals surface area contributed by atoms with Gasteiger partial charge in [0, 0.05) is 24.8 Å². The minimum Gasteiger partial charge on any atom is -0.489 e. The molecule has 90 valence electrons. The summed E-state index contributed by atoms with van der Waals surface area (Å²) in [7, 11) is 1.89. The summed E-state index contributed by atoms with van der Waals surface area (Å²) in [5, 5.41) is 4.09. The molecule has 2 aromatic rings. The molecule has 0 aliphatic carbocycles. The summed E-state index contributed by atoms with van der Waals surface area (Å²) in [6.45, 7) is 2.48. The molecule has 0 fully saturated rings. The fourth-order valence-corrected chi connectivity index (χ4v) is 1.60. The molecule has 4 heteroatoms. The molecule has 0 saturated heterocycles. The zero-order valence-electron chi connectivity index (χ0n) is 10.1. The first kappa shape index (κ1) is 11.7. The van der Waals surface area contributed by atoms with Crippen LogP contribution >= 0.6 is 0 Å². The molecule has 0 aliphatic rings. The Kier molecular flexibility index (Phi) is 3.44. The third-order valence-corrected chi connectivity index (χ3v) is 2.55. The number of ether oxygens (including phenoxy) is 1. The summed E-state index contributed by atoms with van der Waals surface area (Å²) in [5.41, 5.74) is 7.96. The minimum atomic E-state index is 0.0249. The lowest BCUT2D eigenvalue weighted by molar-refractivity contribution is 0.305. The first-order chi connectivity index (χ1) is 8.15. The van der Waals surface area contributed by atoms with Gasteiger partial charge < -0.3 is 10.5 Å². The highest BCUT2D eigenvalue weighted by Crippen LogP contribution is 2.18. The first-order valence-electron chi connectivity index (χ1n) is 5.61. The Morgan fingerprint density at radius 3 is 2.94 bits per heavy atom. The lowest BCUT2D eigenvalue weighted by atomic mass is 10.1. The predicted octanol–water partition coefficient (Wildman–Crippen LogP) is 2.02. The van der Waals surface area contributed by atoms with Gasteiger partial charge in [-0.3, -0.25) is 4.68 Å². The Balaban J connectivity index is 2.01. The highest BCUT2D eigenvalue weighted by atomic mass is 16.5. The molecule has 0 radical (unpaired) electrons. The van der Waals surface area contributed by atoms with Crippen LogP contribution < -0.4 is 10.5 Å². The molecule has 2 N–H and O–H groups in total. The topological polar surface area (TPSA) is 53.1 Å². The number of rotatable bonds is 4. The fourth-order valence-electron chi connectivity index (χ4n) is 1.60. The Morgan fingerprint density at radius 2 is 2.29 bits per heavy atom. The Labute approximate surface area is 101 Å². The molecule has 0 unspecified atom stereocenters. The summed E-state index contributed by atoms with van der Waals surface area (Å²) < 4.78 is 7.45. The standard InChI is InChI=1S/C13H17N3O/c1-10(14)12-4-3-5-13(6-12)17-9-11-7-15-16(2)8-11/h3-8,10H,9,14H2,1-2H3/t10-/m1/s1. The monoisotopic (exact) mass is 231 g/mol. The van der Waals surface area contributed by atoms with E-state index in [0.29, 0.717) is 6.61 Å². The van der Waals surface area contributed by atoms with Crippen molar-refractivity contribution in [1.29, 1.82) is 0 Å². The molecule has 17 heavy (non-hydrogen) atoms. The highest BCUT2D eigenvalue weighted by Gasteiger charge is 2.02. The number of nitrogens with zero attached hydrogens (tertiary/aromatic N) is 2. The van der Waals surface area contributed by atoms with Crippen LogP contribution in [0.15, 0.2) is 36.7 Å². The Morgan fingerprint density at radius 1 is 1.47 bits per heavy atom. The molecule has 0 aliphatic heterocycles. The summed E-state index contributed by atoms with van der Waals surface area (Å²) in [4.78, 5) is 0. The molecule has 1 aromatic heterocycles. The molecule has 1 aromatic carbocycles. The van der Waals surface area contributed by atoms with Crippen molar-refractivity contribution >= 4 is 0 Å². The van der Waals surface area contributed by atoms with Crippen molar-refractivity contribution in [2.45, 2.75) is 19.6 Å². The minimum absolute atomic E-state index is 0.0249. The maximum absolute atomic E-state index is 5.82. The van der Waals surface area contributed by atoms with Gasteiger partial charge in [0.1, 0.15) is 12.4 Å². The molecule has 0 spiro atoms. The largest absolute Gasteiger partial charge is 0.489 e. The van der Waals surface area contributed by atoms with Crippen LogP contribution in [0.25, 0.3) is 0 Å². The lowest BCUT2D eigenvalue weighted by Crippen LogP contribution is -2.05. The summed E-state index contributed by atoms with van der Waals surface area (Å²) >= 11 is 0. The zero-order chi connectivity index (χ0) is 12.3. The van der Waals surface area contributed by atoms with E-state index >= 15 is 0 Å². The van der Waals surface area contributed by atoms with E-state index in [1.807, 2.05) is 44.4 Å². The molecular weight excluding hydrogens is 214 g/mol. The highest BCUT2D eigenvalue weighted by molar-refractivity contribution is 5.30. The SMILES string of the molecule is C[C@@H](N)c1cccc(OCc2cnn(C)c2)c1. The van der Waals surface area contributed by atoms with Gasteiger partial charge in [-0.2, -0.15) is 5.10 Å². The van der Waals surface area contributed by atoms with E-state index in [1.165, 1.54) is 0 Å². The van der Waals surface area contributed by atoms with Crippen LogP contribution in [-0.4, -0.2) is 9.78 Å². The molecule has 1 heterocycles. The molecule has 0 amide bonds. The van der Waals surface area contributed by atoms with Crippen LogP contribution in [0.5, 0.6) is 5.75 Å². The molecule has 0 bridgehead atoms. The van der Waals surface area contributed by atoms with Crippen LogP contribution in [0.4, 0.5) is 0 Å². The normalized spacial score (nSPS) is 12.4. The second-order valence-electron chi connectivity index (χ2n) is 4.17. The third-order valence-electron chi connectivity index (χ3n) is 2.55. The zero-order valence-corrected chi connectivity index (χ0v) is 10.1. The van der Waals surface area contributed by atoms with Gasteiger partial charge in [-0.25, -0.2) is 0 Å². The van der Waals surface area contributed by atoms with E-state index in [-0.39, 0.29) is 6.04 Å². The van der Waals surface area contributed by atoms with Crippen molar-refractivity contribution < 1.29 is 4.74 Å². The van der Waals surface area contributed by atoms with Crippen LogP contribution in [0.2, 0.25) is 0 Å². The van der Waals surface area contributed by atoms with Crippen molar-refractivity contribution in [3.63, 3.8) is 0 Å².